The van der Waals surface area contributed by atoms with Crippen LogP contribution < -0.4 is 5.32 Å². The molecule has 1 heterocycles. The van der Waals surface area contributed by atoms with Crippen LogP contribution in [-0.4, -0.2) is 31.6 Å². The first-order valence-electron chi connectivity index (χ1n) is 6.02. The third-order valence-electron chi connectivity index (χ3n) is 2.81. The van der Waals surface area contributed by atoms with E-state index in [-0.39, 0.29) is 18.5 Å². The zero-order chi connectivity index (χ0) is 11.1. The fourth-order valence-corrected chi connectivity index (χ4v) is 1.87. The van der Waals surface area contributed by atoms with Crippen molar-refractivity contribution in [1.29, 1.82) is 0 Å². The van der Waals surface area contributed by atoms with Gasteiger partial charge in [-0.15, -0.1) is 0 Å². The van der Waals surface area contributed by atoms with Gasteiger partial charge in [0.1, 0.15) is 6.61 Å². The van der Waals surface area contributed by atoms with Crippen molar-refractivity contribution in [3.05, 3.63) is 0 Å². The second kappa shape index (κ2) is 6.96. The van der Waals surface area contributed by atoms with Crippen LogP contribution in [0.4, 0.5) is 0 Å². The van der Waals surface area contributed by atoms with Gasteiger partial charge in [0.2, 0.25) is 0 Å². The van der Waals surface area contributed by atoms with Crippen LogP contribution in [0.25, 0.3) is 0 Å². The van der Waals surface area contributed by atoms with Crippen molar-refractivity contribution in [1.82, 2.24) is 5.32 Å². The Balaban J connectivity index is 2.05. The predicted molar refractivity (Wildman–Crippen MR) is 60.9 cm³/mol. The molecule has 0 radical (unpaired) electrons. The first-order valence-corrected chi connectivity index (χ1v) is 6.02. The van der Waals surface area contributed by atoms with E-state index < -0.39 is 0 Å². The summed E-state index contributed by atoms with van der Waals surface area (Å²) in [5, 5.41) is 3.37. The van der Waals surface area contributed by atoms with Gasteiger partial charge in [0.05, 0.1) is 6.10 Å². The Labute approximate surface area is 92.6 Å². The predicted octanol–water partition coefficient (Wildman–Crippen LogP) is 1.76. The van der Waals surface area contributed by atoms with Crippen LogP contribution >= 0.6 is 0 Å². The highest BCUT2D eigenvalue weighted by molar-refractivity contribution is 5.79. The van der Waals surface area contributed by atoms with E-state index in [0.717, 1.165) is 19.5 Å². The molecular formula is C12H23NO2. The van der Waals surface area contributed by atoms with Crippen molar-refractivity contribution in [2.45, 2.75) is 45.6 Å². The van der Waals surface area contributed by atoms with Crippen molar-refractivity contribution in [2.75, 3.05) is 19.7 Å². The Bertz CT molecular complexity index is 186. The molecule has 1 unspecified atom stereocenters. The summed E-state index contributed by atoms with van der Waals surface area (Å²) in [7, 11) is 0. The zero-order valence-corrected chi connectivity index (χ0v) is 9.92. The minimum Gasteiger partial charge on any atom is -0.371 e. The Morgan fingerprint density at radius 3 is 2.93 bits per heavy atom. The summed E-state index contributed by atoms with van der Waals surface area (Å²) in [5.41, 5.74) is 0. The Morgan fingerprint density at radius 2 is 2.33 bits per heavy atom. The van der Waals surface area contributed by atoms with Gasteiger partial charge in [-0.3, -0.25) is 4.79 Å². The van der Waals surface area contributed by atoms with E-state index in [1.807, 2.05) is 13.8 Å². The Morgan fingerprint density at radius 1 is 1.53 bits per heavy atom. The fraction of sp³-hybridized carbons (Fsp3) is 0.917. The first-order chi connectivity index (χ1) is 7.18. The molecule has 0 aromatic carbocycles. The van der Waals surface area contributed by atoms with Gasteiger partial charge in [-0.2, -0.15) is 0 Å². The molecular weight excluding hydrogens is 190 g/mol. The number of nitrogens with one attached hydrogen (secondary N) is 1. The second-order valence-corrected chi connectivity index (χ2v) is 4.65. The molecule has 0 aliphatic carbocycles. The molecule has 0 spiro atoms. The number of ketones is 1. The molecule has 1 rings (SSSR count). The first kappa shape index (κ1) is 12.7. The van der Waals surface area contributed by atoms with Crippen molar-refractivity contribution in [2.24, 2.45) is 5.92 Å². The summed E-state index contributed by atoms with van der Waals surface area (Å²) >= 11 is 0. The SMILES string of the molecule is CC(C)OCC(=O)CCC1CCCNC1. The monoisotopic (exact) mass is 213 g/mol. The van der Waals surface area contributed by atoms with Crippen LogP contribution in [0.1, 0.15) is 39.5 Å². The second-order valence-electron chi connectivity index (χ2n) is 4.65. The largest absolute Gasteiger partial charge is 0.371 e. The number of Topliss-reactive ketones (excluding diaryl/α,β-unsaturated/α-hetero) is 1. The molecule has 1 fully saturated rings. The molecule has 0 amide bonds. The number of carbonyl (C=O) groups is 1. The van der Waals surface area contributed by atoms with Crippen LogP contribution in [0.15, 0.2) is 0 Å². The lowest BCUT2D eigenvalue weighted by Gasteiger charge is -2.22. The number of piperidine rings is 1. The maximum atomic E-state index is 11.4. The highest BCUT2D eigenvalue weighted by atomic mass is 16.5. The number of hydrogen-bond acceptors (Lipinski definition) is 3. The number of rotatable bonds is 6. The molecule has 3 heteroatoms. The van der Waals surface area contributed by atoms with E-state index >= 15 is 0 Å². The standard InChI is InChI=1S/C12H23NO2/c1-10(2)15-9-12(14)6-5-11-4-3-7-13-8-11/h10-11,13H,3-9H2,1-2H3. The maximum absolute atomic E-state index is 11.4. The summed E-state index contributed by atoms with van der Waals surface area (Å²) in [6, 6.07) is 0. The summed E-state index contributed by atoms with van der Waals surface area (Å²) < 4.78 is 5.28. The summed E-state index contributed by atoms with van der Waals surface area (Å²) in [6.07, 6.45) is 4.38. The van der Waals surface area contributed by atoms with E-state index in [1.54, 1.807) is 0 Å². The molecule has 0 saturated carbocycles. The van der Waals surface area contributed by atoms with Gasteiger partial charge < -0.3 is 10.1 Å². The van der Waals surface area contributed by atoms with Crippen LogP contribution in [0.2, 0.25) is 0 Å². The normalized spacial score (nSPS) is 21.9. The molecule has 15 heavy (non-hydrogen) atoms. The van der Waals surface area contributed by atoms with E-state index in [9.17, 15) is 4.79 Å². The molecule has 1 aliphatic heterocycles. The summed E-state index contributed by atoms with van der Waals surface area (Å²) in [6.45, 7) is 6.42. The lowest BCUT2D eigenvalue weighted by Crippen LogP contribution is -2.30. The van der Waals surface area contributed by atoms with E-state index in [4.69, 9.17) is 4.74 Å². The van der Waals surface area contributed by atoms with E-state index in [1.165, 1.54) is 12.8 Å². The molecule has 88 valence electrons. The fourth-order valence-electron chi connectivity index (χ4n) is 1.87. The third-order valence-corrected chi connectivity index (χ3v) is 2.81. The van der Waals surface area contributed by atoms with Gasteiger partial charge in [-0.05, 0) is 52.1 Å². The molecule has 1 atom stereocenters. The van der Waals surface area contributed by atoms with Crippen molar-refractivity contribution in [3.8, 4) is 0 Å². The average Bonchev–Trinajstić information content (AvgIpc) is 2.25. The van der Waals surface area contributed by atoms with Crippen LogP contribution in [0, 0.1) is 5.92 Å². The van der Waals surface area contributed by atoms with Gasteiger partial charge in [-0.1, -0.05) is 0 Å². The third kappa shape index (κ3) is 5.90. The number of hydrogen-bond donors (Lipinski definition) is 1. The van der Waals surface area contributed by atoms with E-state index in [0.29, 0.717) is 12.3 Å². The van der Waals surface area contributed by atoms with Gasteiger partial charge in [0, 0.05) is 6.42 Å². The van der Waals surface area contributed by atoms with Gasteiger partial charge in [0.15, 0.2) is 5.78 Å². The quantitative estimate of drug-likeness (QED) is 0.730. The van der Waals surface area contributed by atoms with Gasteiger partial charge >= 0.3 is 0 Å². The van der Waals surface area contributed by atoms with Crippen molar-refractivity contribution >= 4 is 5.78 Å². The Hall–Kier alpha value is -0.410. The highest BCUT2D eigenvalue weighted by Crippen LogP contribution is 2.15. The summed E-state index contributed by atoms with van der Waals surface area (Å²) in [5.74, 6) is 0.941. The molecule has 1 N–H and O–H groups in total. The molecule has 1 aliphatic rings. The van der Waals surface area contributed by atoms with Crippen molar-refractivity contribution in [3.63, 3.8) is 0 Å². The van der Waals surface area contributed by atoms with Crippen LogP contribution in [-0.2, 0) is 9.53 Å². The average molecular weight is 213 g/mol. The molecule has 3 nitrogen and oxygen atoms in total. The Kier molecular flexibility index (Phi) is 5.88. The number of ether oxygens (including phenoxy) is 1. The minimum absolute atomic E-state index is 0.158. The molecule has 1 saturated heterocycles. The lowest BCUT2D eigenvalue weighted by atomic mass is 9.94. The van der Waals surface area contributed by atoms with Gasteiger partial charge in [0.25, 0.3) is 0 Å². The van der Waals surface area contributed by atoms with Crippen molar-refractivity contribution < 1.29 is 9.53 Å². The highest BCUT2D eigenvalue weighted by Gasteiger charge is 2.14. The molecule has 0 aromatic rings. The van der Waals surface area contributed by atoms with E-state index in [2.05, 4.69) is 5.32 Å². The maximum Gasteiger partial charge on any atom is 0.158 e. The van der Waals surface area contributed by atoms with Crippen LogP contribution in [0.5, 0.6) is 0 Å². The topological polar surface area (TPSA) is 38.3 Å². The van der Waals surface area contributed by atoms with Crippen LogP contribution in [0.3, 0.4) is 0 Å². The number of carbonyl (C=O) groups excluding carboxylic acids is 1. The molecule has 0 bridgehead atoms. The lowest BCUT2D eigenvalue weighted by molar-refractivity contribution is -0.125. The minimum atomic E-state index is 0.158. The summed E-state index contributed by atoms with van der Waals surface area (Å²) in [4.78, 5) is 11.4. The zero-order valence-electron chi connectivity index (χ0n) is 9.92. The smallest absolute Gasteiger partial charge is 0.158 e. The van der Waals surface area contributed by atoms with Gasteiger partial charge in [-0.25, -0.2) is 0 Å². The molecule has 0 aromatic heterocycles.